The van der Waals surface area contributed by atoms with E-state index in [9.17, 15) is 13.6 Å². The van der Waals surface area contributed by atoms with Gasteiger partial charge in [0.05, 0.1) is 12.5 Å². The fourth-order valence-electron chi connectivity index (χ4n) is 1.98. The molecule has 1 fully saturated rings. The maximum atomic E-state index is 13.0. The van der Waals surface area contributed by atoms with Gasteiger partial charge in [0.15, 0.2) is 0 Å². The molecular formula is C11H19F2NO2. The summed E-state index contributed by atoms with van der Waals surface area (Å²) >= 11 is 0. The predicted octanol–water partition coefficient (Wildman–Crippen LogP) is 2.22. The molecule has 0 bridgehead atoms. The van der Waals surface area contributed by atoms with Gasteiger partial charge in [0.25, 0.3) is 5.92 Å². The molecule has 0 aromatic heterocycles. The van der Waals surface area contributed by atoms with Gasteiger partial charge >= 0.3 is 5.97 Å². The third-order valence-electron chi connectivity index (χ3n) is 3.00. The van der Waals surface area contributed by atoms with E-state index in [0.29, 0.717) is 32.4 Å². The summed E-state index contributed by atoms with van der Waals surface area (Å²) in [5, 5.41) is 8.67. The van der Waals surface area contributed by atoms with Gasteiger partial charge in [0.1, 0.15) is 0 Å². The molecule has 0 amide bonds. The van der Waals surface area contributed by atoms with E-state index in [4.69, 9.17) is 5.11 Å². The number of aliphatic carboxylic acids is 1. The van der Waals surface area contributed by atoms with Crippen LogP contribution in [0.25, 0.3) is 0 Å². The highest BCUT2D eigenvalue weighted by Crippen LogP contribution is 2.26. The zero-order valence-corrected chi connectivity index (χ0v) is 9.59. The van der Waals surface area contributed by atoms with E-state index < -0.39 is 11.9 Å². The second kappa shape index (κ2) is 5.57. The summed E-state index contributed by atoms with van der Waals surface area (Å²) in [4.78, 5) is 12.3. The van der Waals surface area contributed by atoms with Crippen LogP contribution in [0.2, 0.25) is 0 Å². The Bertz CT molecular complexity index is 246. The van der Waals surface area contributed by atoms with Crippen LogP contribution >= 0.6 is 0 Å². The van der Waals surface area contributed by atoms with Crippen LogP contribution < -0.4 is 0 Å². The molecule has 1 aliphatic heterocycles. The Morgan fingerprint density at radius 2 is 2.25 bits per heavy atom. The number of likely N-dealkylation sites (tertiary alicyclic amines) is 1. The highest BCUT2D eigenvalue weighted by Gasteiger charge is 2.34. The van der Waals surface area contributed by atoms with Crippen LogP contribution in [0.3, 0.4) is 0 Å². The minimum Gasteiger partial charge on any atom is -0.481 e. The Morgan fingerprint density at radius 1 is 1.56 bits per heavy atom. The quantitative estimate of drug-likeness (QED) is 0.794. The third-order valence-corrected chi connectivity index (χ3v) is 3.00. The minimum atomic E-state index is -2.56. The van der Waals surface area contributed by atoms with Crippen LogP contribution in [-0.4, -0.2) is 41.5 Å². The third kappa shape index (κ3) is 4.43. The Balaban J connectivity index is 2.20. The Kier molecular flexibility index (Phi) is 4.65. The first-order valence-electron chi connectivity index (χ1n) is 5.74. The van der Waals surface area contributed by atoms with E-state index in [0.717, 1.165) is 0 Å². The molecule has 0 aromatic rings. The number of nitrogens with zero attached hydrogens (tertiary/aromatic N) is 1. The van der Waals surface area contributed by atoms with Crippen molar-refractivity contribution in [3.05, 3.63) is 0 Å². The largest absolute Gasteiger partial charge is 0.481 e. The van der Waals surface area contributed by atoms with Gasteiger partial charge in [-0.25, -0.2) is 8.78 Å². The minimum absolute atomic E-state index is 0.0188. The first kappa shape index (κ1) is 13.4. The highest BCUT2D eigenvalue weighted by atomic mass is 19.3. The molecule has 0 radical (unpaired) electrons. The summed E-state index contributed by atoms with van der Waals surface area (Å²) in [5.41, 5.74) is 0. The first-order valence-corrected chi connectivity index (χ1v) is 5.74. The van der Waals surface area contributed by atoms with E-state index in [2.05, 4.69) is 0 Å². The number of halogens is 2. The number of carboxylic acid groups (broad SMARTS) is 1. The van der Waals surface area contributed by atoms with Gasteiger partial charge in [0.2, 0.25) is 0 Å². The van der Waals surface area contributed by atoms with E-state index in [1.165, 1.54) is 0 Å². The Labute approximate surface area is 94.4 Å². The van der Waals surface area contributed by atoms with Crippen LogP contribution in [0, 0.1) is 5.92 Å². The summed E-state index contributed by atoms with van der Waals surface area (Å²) in [6.07, 6.45) is 1.73. The molecule has 5 heteroatoms. The van der Waals surface area contributed by atoms with E-state index in [-0.39, 0.29) is 18.9 Å². The highest BCUT2D eigenvalue weighted by molar-refractivity contribution is 5.69. The molecule has 94 valence electrons. The first-order chi connectivity index (χ1) is 7.41. The molecule has 1 saturated heterocycles. The van der Waals surface area contributed by atoms with Gasteiger partial charge in [-0.2, -0.15) is 0 Å². The molecule has 0 saturated carbocycles. The molecule has 3 nitrogen and oxygen atoms in total. The van der Waals surface area contributed by atoms with Crippen LogP contribution in [0.4, 0.5) is 8.78 Å². The fourth-order valence-corrected chi connectivity index (χ4v) is 1.98. The second-order valence-corrected chi connectivity index (χ2v) is 4.62. The van der Waals surface area contributed by atoms with Gasteiger partial charge in [-0.05, 0) is 32.4 Å². The summed E-state index contributed by atoms with van der Waals surface area (Å²) in [7, 11) is 0. The van der Waals surface area contributed by atoms with Crippen molar-refractivity contribution in [2.75, 3.05) is 19.6 Å². The maximum absolute atomic E-state index is 13.0. The zero-order valence-electron chi connectivity index (χ0n) is 9.59. The molecule has 1 aliphatic rings. The lowest BCUT2D eigenvalue weighted by Crippen LogP contribution is -2.42. The fraction of sp³-hybridized carbons (Fsp3) is 0.909. The Hall–Kier alpha value is -0.710. The van der Waals surface area contributed by atoms with Crippen molar-refractivity contribution < 1.29 is 18.7 Å². The summed E-state index contributed by atoms with van der Waals surface area (Å²) in [6.45, 7) is 2.76. The van der Waals surface area contributed by atoms with Crippen molar-refractivity contribution in [3.8, 4) is 0 Å². The number of hydrogen-bond donors (Lipinski definition) is 1. The summed E-state index contributed by atoms with van der Waals surface area (Å²) in [6, 6.07) is 0. The maximum Gasteiger partial charge on any atom is 0.306 e. The van der Waals surface area contributed by atoms with Gasteiger partial charge in [-0.15, -0.1) is 0 Å². The van der Waals surface area contributed by atoms with Crippen LogP contribution in [0.1, 0.15) is 32.6 Å². The van der Waals surface area contributed by atoms with Crippen molar-refractivity contribution in [1.82, 2.24) is 4.90 Å². The lowest BCUT2D eigenvalue weighted by molar-refractivity contribution is -0.141. The van der Waals surface area contributed by atoms with Gasteiger partial charge in [-0.1, -0.05) is 6.92 Å². The van der Waals surface area contributed by atoms with Crippen molar-refractivity contribution in [1.29, 1.82) is 0 Å². The number of carbonyl (C=O) groups is 1. The van der Waals surface area contributed by atoms with Crippen LogP contribution in [0.5, 0.6) is 0 Å². The van der Waals surface area contributed by atoms with E-state index in [1.54, 1.807) is 11.8 Å². The predicted molar refractivity (Wildman–Crippen MR) is 56.7 cm³/mol. The topological polar surface area (TPSA) is 40.5 Å². The number of carboxylic acids is 1. The zero-order chi connectivity index (χ0) is 12.2. The molecule has 1 heterocycles. The van der Waals surface area contributed by atoms with Crippen molar-refractivity contribution in [3.63, 3.8) is 0 Å². The van der Waals surface area contributed by atoms with Gasteiger partial charge < -0.3 is 5.11 Å². The van der Waals surface area contributed by atoms with Crippen molar-refractivity contribution in [2.45, 2.75) is 38.5 Å². The molecule has 1 unspecified atom stereocenters. The molecular weight excluding hydrogens is 216 g/mol. The molecule has 1 atom stereocenters. The van der Waals surface area contributed by atoms with Crippen LogP contribution in [-0.2, 0) is 4.79 Å². The SMILES string of the molecule is CC(CCCN1CCCC(F)(F)C1)C(=O)O. The summed E-state index contributed by atoms with van der Waals surface area (Å²) in [5.74, 6) is -3.76. The number of hydrogen-bond acceptors (Lipinski definition) is 2. The number of alkyl halides is 2. The van der Waals surface area contributed by atoms with Crippen LogP contribution in [0.15, 0.2) is 0 Å². The normalized spacial score (nSPS) is 22.9. The van der Waals surface area contributed by atoms with E-state index >= 15 is 0 Å². The van der Waals surface area contributed by atoms with Gasteiger partial charge in [0, 0.05) is 6.42 Å². The second-order valence-electron chi connectivity index (χ2n) is 4.62. The number of piperidine rings is 1. The monoisotopic (exact) mass is 235 g/mol. The number of rotatable bonds is 5. The smallest absolute Gasteiger partial charge is 0.306 e. The molecule has 16 heavy (non-hydrogen) atoms. The molecule has 0 aromatic carbocycles. The lowest BCUT2D eigenvalue weighted by atomic mass is 10.0. The van der Waals surface area contributed by atoms with E-state index in [1.807, 2.05) is 0 Å². The summed E-state index contributed by atoms with van der Waals surface area (Å²) < 4.78 is 26.1. The average Bonchev–Trinajstić information content (AvgIpc) is 2.15. The molecule has 1 rings (SSSR count). The molecule has 1 N–H and O–H groups in total. The molecule has 0 aliphatic carbocycles. The van der Waals surface area contributed by atoms with Crippen molar-refractivity contribution >= 4 is 5.97 Å². The van der Waals surface area contributed by atoms with Crippen molar-refractivity contribution in [2.24, 2.45) is 5.92 Å². The Morgan fingerprint density at radius 3 is 2.81 bits per heavy atom. The lowest BCUT2D eigenvalue weighted by Gasteiger charge is -2.32. The standard InChI is InChI=1S/C11H19F2NO2/c1-9(10(15)16)4-2-6-14-7-3-5-11(12,13)8-14/h9H,2-8H2,1H3,(H,15,16). The average molecular weight is 235 g/mol. The van der Waals surface area contributed by atoms with Gasteiger partial charge in [-0.3, -0.25) is 9.69 Å². The molecule has 0 spiro atoms.